The second-order valence-electron chi connectivity index (χ2n) is 5.56. The number of nitrogens with zero attached hydrogens (tertiary/aromatic N) is 3. The fourth-order valence-electron chi connectivity index (χ4n) is 2.59. The normalized spacial score (nSPS) is 18.5. The smallest absolute Gasteiger partial charge is 0.214 e. The molecule has 0 N–H and O–H groups in total. The van der Waals surface area contributed by atoms with E-state index in [0.29, 0.717) is 13.1 Å². The minimum atomic E-state index is -3.07. The summed E-state index contributed by atoms with van der Waals surface area (Å²) in [5.74, 6) is 0.284. The topological polar surface area (TPSA) is 53.5 Å². The highest BCUT2D eigenvalue weighted by molar-refractivity contribution is 7.89. The molecule has 0 radical (unpaired) electrons. The molecule has 0 saturated carbocycles. The molecule has 6 heteroatoms. The SMILES string of the molecule is CCCCS(=O)(=O)N1CCCN(Cc2cccnc2)CC1. The first-order valence-corrected chi connectivity index (χ1v) is 9.32. The largest absolute Gasteiger partial charge is 0.298 e. The lowest BCUT2D eigenvalue weighted by atomic mass is 10.2. The minimum absolute atomic E-state index is 0.284. The highest BCUT2D eigenvalue weighted by Gasteiger charge is 2.24. The van der Waals surface area contributed by atoms with E-state index in [4.69, 9.17) is 0 Å². The van der Waals surface area contributed by atoms with Crippen molar-refractivity contribution in [2.75, 3.05) is 31.9 Å². The quantitative estimate of drug-likeness (QED) is 0.803. The fraction of sp³-hybridized carbons (Fsp3) is 0.667. The molecule has 0 aromatic carbocycles. The van der Waals surface area contributed by atoms with Crippen LogP contribution >= 0.6 is 0 Å². The van der Waals surface area contributed by atoms with Crippen molar-refractivity contribution in [3.63, 3.8) is 0 Å². The summed E-state index contributed by atoms with van der Waals surface area (Å²) in [6.45, 7) is 5.85. The summed E-state index contributed by atoms with van der Waals surface area (Å²) in [5, 5.41) is 0. The van der Waals surface area contributed by atoms with Crippen LogP contribution in [0.1, 0.15) is 31.7 Å². The van der Waals surface area contributed by atoms with E-state index in [-0.39, 0.29) is 5.75 Å². The summed E-state index contributed by atoms with van der Waals surface area (Å²) < 4.78 is 26.2. The maximum absolute atomic E-state index is 12.3. The van der Waals surface area contributed by atoms with Gasteiger partial charge in [-0.25, -0.2) is 12.7 Å². The van der Waals surface area contributed by atoms with Crippen LogP contribution in [0, 0.1) is 0 Å². The third kappa shape index (κ3) is 5.05. The molecule has 118 valence electrons. The van der Waals surface area contributed by atoms with Crippen molar-refractivity contribution >= 4 is 10.0 Å². The molecule has 0 spiro atoms. The Bertz CT molecular complexity index is 519. The molecule has 1 saturated heterocycles. The molecule has 2 rings (SSSR count). The van der Waals surface area contributed by atoms with Gasteiger partial charge < -0.3 is 0 Å². The van der Waals surface area contributed by atoms with Crippen LogP contribution in [0.25, 0.3) is 0 Å². The molecule has 1 fully saturated rings. The number of unbranched alkanes of at least 4 members (excludes halogenated alkanes) is 1. The molecule has 0 bridgehead atoms. The van der Waals surface area contributed by atoms with Crippen LogP contribution in [0.2, 0.25) is 0 Å². The van der Waals surface area contributed by atoms with E-state index in [9.17, 15) is 8.42 Å². The van der Waals surface area contributed by atoms with E-state index in [2.05, 4.69) is 16.0 Å². The molecule has 1 aliphatic heterocycles. The molecule has 0 atom stereocenters. The van der Waals surface area contributed by atoms with Crippen molar-refractivity contribution in [3.05, 3.63) is 30.1 Å². The lowest BCUT2D eigenvalue weighted by Gasteiger charge is -2.21. The van der Waals surface area contributed by atoms with Crippen molar-refractivity contribution in [2.45, 2.75) is 32.7 Å². The molecule has 21 heavy (non-hydrogen) atoms. The zero-order valence-electron chi connectivity index (χ0n) is 12.7. The predicted octanol–water partition coefficient (Wildman–Crippen LogP) is 1.72. The van der Waals surface area contributed by atoms with Gasteiger partial charge in [0, 0.05) is 38.6 Å². The molecule has 0 unspecified atom stereocenters. The Morgan fingerprint density at radius 1 is 1.24 bits per heavy atom. The number of aromatic nitrogens is 1. The zero-order valence-corrected chi connectivity index (χ0v) is 13.6. The molecule has 1 aromatic heterocycles. The second-order valence-corrected chi connectivity index (χ2v) is 7.65. The average Bonchev–Trinajstić information content (AvgIpc) is 2.72. The number of rotatable bonds is 6. The summed E-state index contributed by atoms with van der Waals surface area (Å²) in [4.78, 5) is 6.44. The van der Waals surface area contributed by atoms with Crippen LogP contribution in [0.3, 0.4) is 0 Å². The molecule has 1 aliphatic rings. The van der Waals surface area contributed by atoms with E-state index in [1.807, 2.05) is 19.2 Å². The summed E-state index contributed by atoms with van der Waals surface area (Å²) >= 11 is 0. The Labute approximate surface area is 128 Å². The monoisotopic (exact) mass is 311 g/mol. The standard InChI is InChI=1S/C15H25N3O2S/c1-2-3-12-21(19,20)18-9-5-8-17(10-11-18)14-15-6-4-7-16-13-15/h4,6-7,13H,2-3,5,8-12,14H2,1H3. The van der Waals surface area contributed by atoms with Crippen LogP contribution in [-0.4, -0.2) is 54.5 Å². The van der Waals surface area contributed by atoms with Gasteiger partial charge in [0.25, 0.3) is 0 Å². The summed E-state index contributed by atoms with van der Waals surface area (Å²) in [7, 11) is -3.07. The van der Waals surface area contributed by atoms with E-state index < -0.39 is 10.0 Å². The van der Waals surface area contributed by atoms with Crippen molar-refractivity contribution in [3.8, 4) is 0 Å². The molecule has 0 amide bonds. The Morgan fingerprint density at radius 2 is 2.10 bits per heavy atom. The highest BCUT2D eigenvalue weighted by atomic mass is 32.2. The maximum Gasteiger partial charge on any atom is 0.214 e. The van der Waals surface area contributed by atoms with E-state index in [1.54, 1.807) is 10.5 Å². The van der Waals surface area contributed by atoms with Crippen LogP contribution in [0.4, 0.5) is 0 Å². The summed E-state index contributed by atoms with van der Waals surface area (Å²) in [6, 6.07) is 4.00. The van der Waals surface area contributed by atoms with Gasteiger partial charge in [0.1, 0.15) is 0 Å². The molecule has 2 heterocycles. The van der Waals surface area contributed by atoms with Gasteiger partial charge in [-0.2, -0.15) is 0 Å². The van der Waals surface area contributed by atoms with Crippen molar-refractivity contribution in [1.29, 1.82) is 0 Å². The molecular formula is C15H25N3O2S. The summed E-state index contributed by atoms with van der Waals surface area (Å²) in [6.07, 6.45) is 6.21. The molecule has 0 aliphatic carbocycles. The zero-order chi connectivity index (χ0) is 15.1. The molecule has 5 nitrogen and oxygen atoms in total. The van der Waals surface area contributed by atoms with Gasteiger partial charge in [0.15, 0.2) is 0 Å². The Hall–Kier alpha value is -0.980. The number of hydrogen-bond acceptors (Lipinski definition) is 4. The lowest BCUT2D eigenvalue weighted by molar-refractivity contribution is 0.278. The van der Waals surface area contributed by atoms with Crippen molar-refractivity contribution in [1.82, 2.24) is 14.2 Å². The van der Waals surface area contributed by atoms with Gasteiger partial charge in [-0.1, -0.05) is 19.4 Å². The second kappa shape index (κ2) is 7.87. The van der Waals surface area contributed by atoms with Gasteiger partial charge in [-0.3, -0.25) is 9.88 Å². The van der Waals surface area contributed by atoms with Crippen LogP contribution < -0.4 is 0 Å². The Balaban J connectivity index is 1.90. The number of sulfonamides is 1. The predicted molar refractivity (Wildman–Crippen MR) is 84.4 cm³/mol. The Morgan fingerprint density at radius 3 is 2.81 bits per heavy atom. The average molecular weight is 311 g/mol. The third-order valence-corrected chi connectivity index (χ3v) is 5.78. The lowest BCUT2D eigenvalue weighted by Crippen LogP contribution is -2.36. The summed E-state index contributed by atoms with van der Waals surface area (Å²) in [5.41, 5.74) is 1.18. The van der Waals surface area contributed by atoms with Gasteiger partial charge in [0.2, 0.25) is 10.0 Å². The number of hydrogen-bond donors (Lipinski definition) is 0. The molecule has 1 aromatic rings. The van der Waals surface area contributed by atoms with E-state index in [0.717, 1.165) is 38.9 Å². The Kier molecular flexibility index (Phi) is 6.14. The van der Waals surface area contributed by atoms with E-state index in [1.165, 1.54) is 5.56 Å². The van der Waals surface area contributed by atoms with E-state index >= 15 is 0 Å². The van der Waals surface area contributed by atoms with Gasteiger partial charge in [-0.05, 0) is 31.0 Å². The minimum Gasteiger partial charge on any atom is -0.298 e. The first-order chi connectivity index (χ1) is 10.1. The fourth-order valence-corrected chi connectivity index (χ4v) is 4.27. The van der Waals surface area contributed by atoms with Crippen LogP contribution in [0.15, 0.2) is 24.5 Å². The first-order valence-electron chi connectivity index (χ1n) is 7.71. The highest BCUT2D eigenvalue weighted by Crippen LogP contribution is 2.12. The third-order valence-electron chi connectivity index (χ3n) is 3.83. The van der Waals surface area contributed by atoms with Crippen LogP contribution in [-0.2, 0) is 16.6 Å². The van der Waals surface area contributed by atoms with Gasteiger partial charge >= 0.3 is 0 Å². The van der Waals surface area contributed by atoms with Crippen LogP contribution in [0.5, 0.6) is 0 Å². The first kappa shape index (κ1) is 16.4. The van der Waals surface area contributed by atoms with Gasteiger partial charge in [0.05, 0.1) is 5.75 Å². The van der Waals surface area contributed by atoms with Gasteiger partial charge in [-0.15, -0.1) is 0 Å². The molecular weight excluding hydrogens is 286 g/mol. The maximum atomic E-state index is 12.3. The van der Waals surface area contributed by atoms with Crippen molar-refractivity contribution < 1.29 is 8.42 Å². The van der Waals surface area contributed by atoms with Crippen molar-refractivity contribution in [2.24, 2.45) is 0 Å². The number of pyridine rings is 1.